The maximum atomic E-state index is 13.0. The van der Waals surface area contributed by atoms with Crippen LogP contribution in [0.5, 0.6) is 0 Å². The van der Waals surface area contributed by atoms with Gasteiger partial charge in [-0.25, -0.2) is 0 Å². The van der Waals surface area contributed by atoms with E-state index < -0.39 is 0 Å². The summed E-state index contributed by atoms with van der Waals surface area (Å²) in [5, 5.41) is 3.53. The van der Waals surface area contributed by atoms with E-state index in [0.29, 0.717) is 28.3 Å². The number of ketones is 1. The van der Waals surface area contributed by atoms with E-state index in [1.807, 2.05) is 18.2 Å². The molecule has 4 aliphatic carbocycles. The number of hydrogen-bond acceptors (Lipinski definition) is 2. The van der Waals surface area contributed by atoms with Gasteiger partial charge in [0.15, 0.2) is 5.78 Å². The van der Waals surface area contributed by atoms with E-state index in [0.717, 1.165) is 17.8 Å². The zero-order valence-corrected chi connectivity index (χ0v) is 17.3. The summed E-state index contributed by atoms with van der Waals surface area (Å²) in [7, 11) is 0. The molecular weight excluding hydrogens is 382 g/mol. The van der Waals surface area contributed by atoms with E-state index in [2.05, 4.69) is 5.32 Å². The van der Waals surface area contributed by atoms with Crippen LogP contribution in [0.3, 0.4) is 0 Å². The summed E-state index contributed by atoms with van der Waals surface area (Å²) in [6.45, 7) is 0. The molecule has 0 saturated heterocycles. The first kappa shape index (κ1) is 18.9. The van der Waals surface area contributed by atoms with Crippen molar-refractivity contribution in [2.45, 2.75) is 44.9 Å². The Kier molecular flexibility index (Phi) is 4.74. The van der Waals surface area contributed by atoms with Crippen molar-refractivity contribution in [2.75, 3.05) is 5.32 Å². The van der Waals surface area contributed by atoms with Gasteiger partial charge in [0.1, 0.15) is 0 Å². The number of anilines is 1. The molecule has 4 heteroatoms. The van der Waals surface area contributed by atoms with E-state index in [-0.39, 0.29) is 17.1 Å². The molecule has 1 N–H and O–H groups in total. The summed E-state index contributed by atoms with van der Waals surface area (Å²) >= 11 is 6.16. The number of amides is 1. The summed E-state index contributed by atoms with van der Waals surface area (Å²) in [6.07, 6.45) is 8.27. The molecule has 1 amide bonds. The minimum atomic E-state index is -0.127. The third-order valence-corrected chi connectivity index (χ3v) is 7.47. The molecule has 0 spiro atoms. The lowest BCUT2D eigenvalue weighted by Gasteiger charge is -2.56. The SMILES string of the molecule is O=C(CC12CC3CC(CC(C3)C1)C2)Nc1ccc(Cl)cc1C(=O)c1ccccc1. The lowest BCUT2D eigenvalue weighted by atomic mass is 9.49. The Morgan fingerprint density at radius 3 is 2.17 bits per heavy atom. The first-order valence-electron chi connectivity index (χ1n) is 10.7. The first-order valence-corrected chi connectivity index (χ1v) is 11.1. The molecule has 29 heavy (non-hydrogen) atoms. The predicted molar refractivity (Wildman–Crippen MR) is 115 cm³/mol. The van der Waals surface area contributed by atoms with E-state index in [1.54, 1.807) is 30.3 Å². The maximum Gasteiger partial charge on any atom is 0.224 e. The van der Waals surface area contributed by atoms with E-state index in [4.69, 9.17) is 11.6 Å². The number of benzene rings is 2. The first-order chi connectivity index (χ1) is 14.0. The quantitative estimate of drug-likeness (QED) is 0.607. The molecule has 0 aliphatic heterocycles. The van der Waals surface area contributed by atoms with Gasteiger partial charge in [-0.05, 0) is 79.9 Å². The molecule has 4 bridgehead atoms. The summed E-state index contributed by atoms with van der Waals surface area (Å²) in [4.78, 5) is 26.0. The molecule has 0 heterocycles. The Hall–Kier alpha value is -2.13. The van der Waals surface area contributed by atoms with Crippen LogP contribution in [-0.2, 0) is 4.79 Å². The van der Waals surface area contributed by atoms with Crippen molar-refractivity contribution in [1.82, 2.24) is 0 Å². The second-order valence-corrected chi connectivity index (χ2v) is 9.96. The van der Waals surface area contributed by atoms with Gasteiger partial charge in [0, 0.05) is 22.6 Å². The van der Waals surface area contributed by atoms with Crippen LogP contribution in [0.1, 0.15) is 60.9 Å². The third-order valence-electron chi connectivity index (χ3n) is 7.24. The number of carbonyl (C=O) groups is 2. The number of carbonyl (C=O) groups excluding carboxylic acids is 2. The second-order valence-electron chi connectivity index (χ2n) is 9.53. The number of nitrogens with one attached hydrogen (secondary N) is 1. The van der Waals surface area contributed by atoms with Crippen LogP contribution in [0.25, 0.3) is 0 Å². The largest absolute Gasteiger partial charge is 0.325 e. The van der Waals surface area contributed by atoms with Gasteiger partial charge in [-0.3, -0.25) is 9.59 Å². The van der Waals surface area contributed by atoms with Crippen LogP contribution in [-0.4, -0.2) is 11.7 Å². The molecular formula is C25H26ClNO2. The third kappa shape index (κ3) is 3.73. The monoisotopic (exact) mass is 407 g/mol. The molecule has 4 fully saturated rings. The molecule has 2 aromatic rings. The van der Waals surface area contributed by atoms with Crippen LogP contribution in [0.15, 0.2) is 48.5 Å². The zero-order chi connectivity index (χ0) is 20.0. The van der Waals surface area contributed by atoms with Gasteiger partial charge < -0.3 is 5.32 Å². The minimum Gasteiger partial charge on any atom is -0.325 e. The zero-order valence-electron chi connectivity index (χ0n) is 16.5. The highest BCUT2D eigenvalue weighted by molar-refractivity contribution is 6.31. The number of hydrogen-bond donors (Lipinski definition) is 1. The molecule has 0 radical (unpaired) electrons. The Labute approximate surface area is 176 Å². The highest BCUT2D eigenvalue weighted by Crippen LogP contribution is 2.61. The summed E-state index contributed by atoms with van der Waals surface area (Å²) in [6, 6.07) is 14.2. The summed E-state index contributed by atoms with van der Waals surface area (Å²) < 4.78 is 0. The van der Waals surface area contributed by atoms with Crippen LogP contribution >= 0.6 is 11.6 Å². The highest BCUT2D eigenvalue weighted by atomic mass is 35.5. The van der Waals surface area contributed by atoms with Crippen LogP contribution in [0, 0.1) is 23.2 Å². The standard InChI is InChI=1S/C25H26ClNO2/c26-20-6-7-22(21(11-20)24(29)19-4-2-1-3-5-19)27-23(28)15-25-12-16-8-17(13-25)10-18(9-16)14-25/h1-7,11,16-18H,8-10,12-15H2,(H,27,28). The molecule has 2 aromatic carbocycles. The average molecular weight is 408 g/mol. The van der Waals surface area contributed by atoms with Crippen LogP contribution < -0.4 is 5.32 Å². The summed E-state index contributed by atoms with van der Waals surface area (Å²) in [5.41, 5.74) is 1.77. The second kappa shape index (κ2) is 7.28. The van der Waals surface area contributed by atoms with Crippen molar-refractivity contribution < 1.29 is 9.59 Å². The minimum absolute atomic E-state index is 0.0244. The molecule has 150 valence electrons. The van der Waals surface area contributed by atoms with E-state index in [1.165, 1.54) is 38.5 Å². The molecule has 0 aromatic heterocycles. The van der Waals surface area contributed by atoms with Gasteiger partial charge in [0.05, 0.1) is 5.69 Å². The normalized spacial score (nSPS) is 29.6. The number of halogens is 1. The van der Waals surface area contributed by atoms with Gasteiger partial charge in [-0.15, -0.1) is 0 Å². The molecule has 3 nitrogen and oxygen atoms in total. The smallest absolute Gasteiger partial charge is 0.224 e. The highest BCUT2D eigenvalue weighted by Gasteiger charge is 2.51. The predicted octanol–water partition coefficient (Wildman–Crippen LogP) is 6.12. The summed E-state index contributed by atoms with van der Waals surface area (Å²) in [5.74, 6) is 2.36. The van der Waals surface area contributed by atoms with E-state index in [9.17, 15) is 9.59 Å². The van der Waals surface area contributed by atoms with Crippen molar-refractivity contribution in [3.8, 4) is 0 Å². The number of rotatable bonds is 5. The van der Waals surface area contributed by atoms with Gasteiger partial charge in [-0.2, -0.15) is 0 Å². The van der Waals surface area contributed by atoms with Gasteiger partial charge in [-0.1, -0.05) is 41.9 Å². The maximum absolute atomic E-state index is 13.0. The van der Waals surface area contributed by atoms with Crippen LogP contribution in [0.4, 0.5) is 5.69 Å². The van der Waals surface area contributed by atoms with Crippen molar-refractivity contribution >= 4 is 29.0 Å². The fourth-order valence-corrected chi connectivity index (χ4v) is 6.77. The van der Waals surface area contributed by atoms with E-state index >= 15 is 0 Å². The lowest BCUT2D eigenvalue weighted by Crippen LogP contribution is -2.47. The van der Waals surface area contributed by atoms with Crippen molar-refractivity contribution in [3.63, 3.8) is 0 Å². The Morgan fingerprint density at radius 1 is 0.931 bits per heavy atom. The van der Waals surface area contributed by atoms with Crippen LogP contribution in [0.2, 0.25) is 5.02 Å². The topological polar surface area (TPSA) is 46.2 Å². The molecule has 4 aliphatic rings. The average Bonchev–Trinajstić information content (AvgIpc) is 2.68. The fourth-order valence-electron chi connectivity index (χ4n) is 6.60. The fraction of sp³-hybridized carbons (Fsp3) is 0.440. The van der Waals surface area contributed by atoms with Gasteiger partial charge in [0.25, 0.3) is 0 Å². The molecule has 0 atom stereocenters. The van der Waals surface area contributed by atoms with Gasteiger partial charge >= 0.3 is 0 Å². The van der Waals surface area contributed by atoms with Crippen molar-refractivity contribution in [3.05, 3.63) is 64.7 Å². The Morgan fingerprint density at radius 2 is 1.55 bits per heavy atom. The Bertz CT molecular complexity index is 917. The molecule has 0 unspecified atom stereocenters. The van der Waals surface area contributed by atoms with Gasteiger partial charge in [0.2, 0.25) is 5.91 Å². The Balaban J connectivity index is 1.35. The lowest BCUT2D eigenvalue weighted by molar-refractivity contribution is -0.124. The molecule has 4 saturated carbocycles. The van der Waals surface area contributed by atoms with Crippen molar-refractivity contribution in [1.29, 1.82) is 0 Å². The molecule has 6 rings (SSSR count). The van der Waals surface area contributed by atoms with Crippen molar-refractivity contribution in [2.24, 2.45) is 23.2 Å².